The molecule has 0 amide bonds. The fraction of sp³-hybridized carbons (Fsp3) is 0.0667. The maximum atomic E-state index is 12.8. The average Bonchev–Trinajstić information content (AvgIpc) is 2.90. The maximum absolute atomic E-state index is 12.8. The van der Waals surface area contributed by atoms with Crippen LogP contribution in [-0.4, -0.2) is 23.0 Å². The van der Waals surface area contributed by atoms with Crippen LogP contribution in [0.4, 0.5) is 4.39 Å². The molecular formula is C15H11FN2O2. The SMILES string of the molecule is COC(=O)c1c[nH]c2cc(-c3ccc(F)nc3)ccc12. The molecule has 0 aliphatic heterocycles. The highest BCUT2D eigenvalue weighted by atomic mass is 19.1. The molecule has 0 atom stereocenters. The molecule has 1 aromatic carbocycles. The van der Waals surface area contributed by atoms with E-state index >= 15 is 0 Å². The van der Waals surface area contributed by atoms with Crippen molar-refractivity contribution in [3.05, 3.63) is 54.2 Å². The molecule has 0 unspecified atom stereocenters. The largest absolute Gasteiger partial charge is 0.465 e. The molecule has 0 aliphatic rings. The lowest BCUT2D eigenvalue weighted by Gasteiger charge is -2.02. The van der Waals surface area contributed by atoms with Gasteiger partial charge in [-0.1, -0.05) is 12.1 Å². The van der Waals surface area contributed by atoms with Gasteiger partial charge >= 0.3 is 5.97 Å². The van der Waals surface area contributed by atoms with E-state index in [1.807, 2.05) is 18.2 Å². The monoisotopic (exact) mass is 270 g/mol. The van der Waals surface area contributed by atoms with Crippen LogP contribution in [0.15, 0.2) is 42.7 Å². The Balaban J connectivity index is 2.08. The van der Waals surface area contributed by atoms with Crippen LogP contribution in [0.5, 0.6) is 0 Å². The van der Waals surface area contributed by atoms with E-state index in [2.05, 4.69) is 9.97 Å². The molecule has 3 aromatic rings. The summed E-state index contributed by atoms with van der Waals surface area (Å²) in [6.45, 7) is 0. The van der Waals surface area contributed by atoms with E-state index in [0.717, 1.165) is 22.0 Å². The second-order valence-electron chi connectivity index (χ2n) is 4.32. The van der Waals surface area contributed by atoms with Crippen molar-refractivity contribution in [2.45, 2.75) is 0 Å². The van der Waals surface area contributed by atoms with Gasteiger partial charge in [0.15, 0.2) is 0 Å². The van der Waals surface area contributed by atoms with Crippen molar-refractivity contribution in [3.63, 3.8) is 0 Å². The molecule has 100 valence electrons. The van der Waals surface area contributed by atoms with Gasteiger partial charge in [-0.2, -0.15) is 4.39 Å². The molecule has 0 spiro atoms. The molecule has 0 aliphatic carbocycles. The van der Waals surface area contributed by atoms with Crippen LogP contribution in [-0.2, 0) is 4.74 Å². The zero-order chi connectivity index (χ0) is 14.1. The Morgan fingerprint density at radius 2 is 2.05 bits per heavy atom. The Hall–Kier alpha value is -2.69. The zero-order valence-electron chi connectivity index (χ0n) is 10.7. The second kappa shape index (κ2) is 4.77. The van der Waals surface area contributed by atoms with Crippen molar-refractivity contribution < 1.29 is 13.9 Å². The molecule has 0 radical (unpaired) electrons. The van der Waals surface area contributed by atoms with Gasteiger partial charge in [-0.15, -0.1) is 0 Å². The van der Waals surface area contributed by atoms with E-state index < -0.39 is 5.95 Å². The minimum Gasteiger partial charge on any atom is -0.465 e. The number of pyridine rings is 1. The van der Waals surface area contributed by atoms with Crippen molar-refractivity contribution >= 4 is 16.9 Å². The van der Waals surface area contributed by atoms with Crippen molar-refractivity contribution in [1.29, 1.82) is 0 Å². The smallest absolute Gasteiger partial charge is 0.340 e. The van der Waals surface area contributed by atoms with E-state index in [0.29, 0.717) is 5.56 Å². The van der Waals surface area contributed by atoms with Crippen LogP contribution in [0.25, 0.3) is 22.0 Å². The second-order valence-corrected chi connectivity index (χ2v) is 4.32. The van der Waals surface area contributed by atoms with Gasteiger partial charge in [0.05, 0.1) is 12.7 Å². The Labute approximate surface area is 114 Å². The van der Waals surface area contributed by atoms with Crippen LogP contribution in [0.3, 0.4) is 0 Å². The number of benzene rings is 1. The lowest BCUT2D eigenvalue weighted by atomic mass is 10.0. The lowest BCUT2D eigenvalue weighted by Crippen LogP contribution is -1.99. The predicted molar refractivity (Wildman–Crippen MR) is 72.8 cm³/mol. The number of ether oxygens (including phenoxy) is 1. The Kier molecular flexibility index (Phi) is 2.95. The molecule has 0 saturated carbocycles. The number of fused-ring (bicyclic) bond motifs is 1. The topological polar surface area (TPSA) is 55.0 Å². The number of hydrogen-bond donors (Lipinski definition) is 1. The predicted octanol–water partition coefficient (Wildman–Crippen LogP) is 3.16. The van der Waals surface area contributed by atoms with Gasteiger partial charge in [0.2, 0.25) is 5.95 Å². The molecule has 0 fully saturated rings. The number of esters is 1. The summed E-state index contributed by atoms with van der Waals surface area (Å²) in [6, 6.07) is 8.55. The summed E-state index contributed by atoms with van der Waals surface area (Å²) in [5, 5.41) is 0.788. The fourth-order valence-corrected chi connectivity index (χ4v) is 2.13. The third-order valence-corrected chi connectivity index (χ3v) is 3.15. The van der Waals surface area contributed by atoms with E-state index in [-0.39, 0.29) is 5.97 Å². The fourth-order valence-electron chi connectivity index (χ4n) is 2.13. The molecule has 0 saturated heterocycles. The van der Waals surface area contributed by atoms with Crippen LogP contribution in [0.2, 0.25) is 0 Å². The molecule has 4 nitrogen and oxygen atoms in total. The highest BCUT2D eigenvalue weighted by Gasteiger charge is 2.12. The normalized spacial score (nSPS) is 10.7. The first-order chi connectivity index (χ1) is 9.69. The number of nitrogens with one attached hydrogen (secondary N) is 1. The van der Waals surface area contributed by atoms with Crippen molar-refractivity contribution in [2.24, 2.45) is 0 Å². The molecule has 3 rings (SSSR count). The highest BCUT2D eigenvalue weighted by molar-refractivity contribution is 6.04. The summed E-state index contributed by atoms with van der Waals surface area (Å²) in [5.74, 6) is -0.893. The zero-order valence-corrected chi connectivity index (χ0v) is 10.7. The minimum atomic E-state index is -0.511. The molecule has 5 heteroatoms. The molecule has 0 bridgehead atoms. The third kappa shape index (κ3) is 2.03. The van der Waals surface area contributed by atoms with E-state index in [9.17, 15) is 9.18 Å². The van der Waals surface area contributed by atoms with Gasteiger partial charge in [0.25, 0.3) is 0 Å². The first-order valence-corrected chi connectivity index (χ1v) is 6.00. The number of aromatic nitrogens is 2. The Morgan fingerprint density at radius 3 is 2.75 bits per heavy atom. The molecule has 1 N–H and O–H groups in total. The molecule has 2 heterocycles. The maximum Gasteiger partial charge on any atom is 0.340 e. The Bertz CT molecular complexity index is 778. The van der Waals surface area contributed by atoms with Crippen LogP contribution in [0.1, 0.15) is 10.4 Å². The van der Waals surface area contributed by atoms with Crippen LogP contribution < -0.4 is 0 Å². The summed E-state index contributed by atoms with van der Waals surface area (Å²) in [6.07, 6.45) is 3.09. The van der Waals surface area contributed by atoms with Crippen molar-refractivity contribution in [3.8, 4) is 11.1 Å². The molecular weight excluding hydrogens is 259 g/mol. The van der Waals surface area contributed by atoms with Gasteiger partial charge < -0.3 is 9.72 Å². The van der Waals surface area contributed by atoms with Crippen LogP contribution in [0, 0.1) is 5.95 Å². The highest BCUT2D eigenvalue weighted by Crippen LogP contribution is 2.26. The Morgan fingerprint density at radius 1 is 1.25 bits per heavy atom. The summed E-state index contributed by atoms with van der Waals surface area (Å²) in [4.78, 5) is 18.2. The summed E-state index contributed by atoms with van der Waals surface area (Å²) >= 11 is 0. The standard InChI is InChI=1S/C15H11FN2O2/c1-20-15(19)12-8-17-13-6-9(2-4-11(12)13)10-3-5-14(16)18-7-10/h2-8,17H,1H3. The number of rotatable bonds is 2. The van der Waals surface area contributed by atoms with E-state index in [1.165, 1.54) is 19.4 Å². The minimum absolute atomic E-state index is 0.382. The number of hydrogen-bond acceptors (Lipinski definition) is 3. The first-order valence-electron chi connectivity index (χ1n) is 6.00. The van der Waals surface area contributed by atoms with Gasteiger partial charge in [-0.05, 0) is 23.8 Å². The van der Waals surface area contributed by atoms with E-state index in [4.69, 9.17) is 4.74 Å². The molecule has 2 aromatic heterocycles. The summed E-state index contributed by atoms with van der Waals surface area (Å²) in [7, 11) is 1.35. The van der Waals surface area contributed by atoms with Gasteiger partial charge in [0, 0.05) is 28.9 Å². The van der Waals surface area contributed by atoms with Crippen LogP contribution >= 0.6 is 0 Å². The van der Waals surface area contributed by atoms with Crippen molar-refractivity contribution in [1.82, 2.24) is 9.97 Å². The first kappa shape index (κ1) is 12.3. The number of methoxy groups -OCH3 is 1. The summed E-state index contributed by atoms with van der Waals surface area (Å²) < 4.78 is 17.5. The quantitative estimate of drug-likeness (QED) is 0.575. The number of H-pyrrole nitrogens is 1. The lowest BCUT2D eigenvalue weighted by molar-refractivity contribution is 0.0603. The number of halogens is 1. The van der Waals surface area contributed by atoms with Gasteiger partial charge in [0.1, 0.15) is 0 Å². The number of carbonyl (C=O) groups is 1. The third-order valence-electron chi connectivity index (χ3n) is 3.15. The van der Waals surface area contributed by atoms with Gasteiger partial charge in [-0.3, -0.25) is 0 Å². The summed E-state index contributed by atoms with van der Waals surface area (Å²) in [5.41, 5.74) is 3.00. The number of nitrogens with zero attached hydrogens (tertiary/aromatic N) is 1. The average molecular weight is 270 g/mol. The molecule has 20 heavy (non-hydrogen) atoms. The number of carbonyl (C=O) groups excluding carboxylic acids is 1. The van der Waals surface area contributed by atoms with E-state index in [1.54, 1.807) is 12.3 Å². The number of aromatic amines is 1. The van der Waals surface area contributed by atoms with Gasteiger partial charge in [-0.25, -0.2) is 9.78 Å². The van der Waals surface area contributed by atoms with Crippen molar-refractivity contribution in [2.75, 3.05) is 7.11 Å².